The first-order valence-electron chi connectivity index (χ1n) is 6.09. The summed E-state index contributed by atoms with van der Waals surface area (Å²) in [6.45, 7) is 3.71. The zero-order valence-corrected chi connectivity index (χ0v) is 13.0. The van der Waals surface area contributed by atoms with E-state index in [4.69, 9.17) is 4.74 Å². The number of benzene rings is 2. The molecule has 0 fully saturated rings. The average molecular weight is 337 g/mol. The van der Waals surface area contributed by atoms with Gasteiger partial charge in [0.15, 0.2) is 5.78 Å². The minimum atomic E-state index is -0.575. The molecule has 0 aliphatic heterocycles. The van der Waals surface area contributed by atoms with Gasteiger partial charge in [-0.3, -0.25) is 4.79 Å². The monoisotopic (exact) mass is 336 g/mol. The SMILES string of the molecule is COc1cccc(F)c1C(=O)c1cc(C)c(Br)cc1C. The van der Waals surface area contributed by atoms with E-state index in [1.807, 2.05) is 19.9 Å². The highest BCUT2D eigenvalue weighted by Gasteiger charge is 2.21. The lowest BCUT2D eigenvalue weighted by molar-refractivity contribution is 0.103. The predicted octanol–water partition coefficient (Wildman–Crippen LogP) is 4.44. The fraction of sp³-hybridized carbons (Fsp3) is 0.188. The lowest BCUT2D eigenvalue weighted by atomic mass is 9.96. The molecule has 0 aliphatic rings. The molecule has 0 saturated heterocycles. The third-order valence-electron chi connectivity index (χ3n) is 3.17. The quantitative estimate of drug-likeness (QED) is 0.774. The lowest BCUT2D eigenvalue weighted by Gasteiger charge is -2.11. The van der Waals surface area contributed by atoms with Gasteiger partial charge >= 0.3 is 0 Å². The van der Waals surface area contributed by atoms with E-state index in [1.54, 1.807) is 12.1 Å². The average Bonchev–Trinajstić information content (AvgIpc) is 2.41. The molecule has 0 amide bonds. The molecule has 104 valence electrons. The Balaban J connectivity index is 2.61. The fourth-order valence-corrected chi connectivity index (χ4v) is 2.51. The van der Waals surface area contributed by atoms with Crippen LogP contribution in [0.4, 0.5) is 4.39 Å². The van der Waals surface area contributed by atoms with Gasteiger partial charge in [0.1, 0.15) is 17.1 Å². The Morgan fingerprint density at radius 3 is 2.55 bits per heavy atom. The topological polar surface area (TPSA) is 26.3 Å². The molecule has 2 aromatic rings. The highest BCUT2D eigenvalue weighted by atomic mass is 79.9. The highest BCUT2D eigenvalue weighted by molar-refractivity contribution is 9.10. The number of carbonyl (C=O) groups is 1. The second-order valence-electron chi connectivity index (χ2n) is 4.56. The van der Waals surface area contributed by atoms with Crippen molar-refractivity contribution in [2.75, 3.05) is 7.11 Å². The van der Waals surface area contributed by atoms with Crippen molar-refractivity contribution in [1.82, 2.24) is 0 Å². The molecule has 0 N–H and O–H groups in total. The Kier molecular flexibility index (Phi) is 4.23. The summed E-state index contributed by atoms with van der Waals surface area (Å²) in [5.74, 6) is -0.697. The van der Waals surface area contributed by atoms with Crippen LogP contribution in [-0.2, 0) is 0 Å². The second kappa shape index (κ2) is 5.75. The minimum Gasteiger partial charge on any atom is -0.496 e. The van der Waals surface area contributed by atoms with Gasteiger partial charge < -0.3 is 4.74 Å². The van der Waals surface area contributed by atoms with Crippen molar-refractivity contribution in [3.63, 3.8) is 0 Å². The number of ether oxygens (including phenoxy) is 1. The first kappa shape index (κ1) is 14.7. The Hall–Kier alpha value is -1.68. The van der Waals surface area contributed by atoms with Crippen LogP contribution in [0.1, 0.15) is 27.0 Å². The van der Waals surface area contributed by atoms with Crippen molar-refractivity contribution in [1.29, 1.82) is 0 Å². The molecule has 4 heteroatoms. The van der Waals surface area contributed by atoms with E-state index in [-0.39, 0.29) is 17.1 Å². The van der Waals surface area contributed by atoms with Crippen LogP contribution in [0, 0.1) is 19.7 Å². The van der Waals surface area contributed by atoms with Gasteiger partial charge in [-0.1, -0.05) is 22.0 Å². The number of halogens is 2. The minimum absolute atomic E-state index is 0.0279. The van der Waals surface area contributed by atoms with Crippen molar-refractivity contribution >= 4 is 21.7 Å². The standard InChI is InChI=1S/C16H14BrFO2/c1-9-8-12(17)10(2)7-11(9)16(19)15-13(18)5-4-6-14(15)20-3/h4-8H,1-3H3. The molecule has 2 rings (SSSR count). The molecule has 0 atom stereocenters. The maximum absolute atomic E-state index is 14.0. The summed E-state index contributed by atoms with van der Waals surface area (Å²) in [5.41, 5.74) is 2.17. The lowest BCUT2D eigenvalue weighted by Crippen LogP contribution is -2.09. The molecule has 0 spiro atoms. The van der Waals surface area contributed by atoms with Crippen molar-refractivity contribution in [2.24, 2.45) is 0 Å². The van der Waals surface area contributed by atoms with E-state index < -0.39 is 5.82 Å². The van der Waals surface area contributed by atoms with Crippen molar-refractivity contribution in [3.05, 3.63) is 62.9 Å². The first-order valence-corrected chi connectivity index (χ1v) is 6.89. The number of ketones is 1. The van der Waals surface area contributed by atoms with Crippen LogP contribution in [0.25, 0.3) is 0 Å². The molecule has 0 bridgehead atoms. The van der Waals surface area contributed by atoms with E-state index in [0.717, 1.165) is 15.6 Å². The van der Waals surface area contributed by atoms with Crippen LogP contribution >= 0.6 is 15.9 Å². The second-order valence-corrected chi connectivity index (χ2v) is 5.42. The maximum atomic E-state index is 14.0. The van der Waals surface area contributed by atoms with E-state index in [1.165, 1.54) is 19.2 Å². The molecule has 0 heterocycles. The van der Waals surface area contributed by atoms with Crippen LogP contribution in [0.15, 0.2) is 34.8 Å². The molecule has 2 aromatic carbocycles. The third-order valence-corrected chi connectivity index (χ3v) is 4.03. The molecular formula is C16H14BrFO2. The van der Waals surface area contributed by atoms with Gasteiger partial charge in [0.2, 0.25) is 0 Å². The maximum Gasteiger partial charge on any atom is 0.200 e. The smallest absolute Gasteiger partial charge is 0.200 e. The summed E-state index contributed by atoms with van der Waals surface area (Å²) >= 11 is 3.42. The van der Waals surface area contributed by atoms with Crippen LogP contribution in [0.3, 0.4) is 0 Å². The number of methoxy groups -OCH3 is 1. The Morgan fingerprint density at radius 2 is 1.90 bits per heavy atom. The van der Waals surface area contributed by atoms with E-state index >= 15 is 0 Å². The van der Waals surface area contributed by atoms with E-state index in [0.29, 0.717) is 5.56 Å². The molecule has 20 heavy (non-hydrogen) atoms. The van der Waals surface area contributed by atoms with Gasteiger partial charge in [-0.15, -0.1) is 0 Å². The van der Waals surface area contributed by atoms with Crippen LogP contribution in [0.2, 0.25) is 0 Å². The van der Waals surface area contributed by atoms with Gasteiger partial charge in [0.25, 0.3) is 0 Å². The van der Waals surface area contributed by atoms with E-state index in [9.17, 15) is 9.18 Å². The predicted molar refractivity (Wildman–Crippen MR) is 80.0 cm³/mol. The summed E-state index contributed by atoms with van der Waals surface area (Å²) in [7, 11) is 1.42. The van der Waals surface area contributed by atoms with Crippen LogP contribution in [-0.4, -0.2) is 12.9 Å². The van der Waals surface area contributed by atoms with Gasteiger partial charge in [0.05, 0.1) is 7.11 Å². The Bertz CT molecular complexity index is 680. The van der Waals surface area contributed by atoms with Crippen molar-refractivity contribution in [2.45, 2.75) is 13.8 Å². The zero-order chi connectivity index (χ0) is 14.9. The number of aryl methyl sites for hydroxylation is 2. The number of hydrogen-bond acceptors (Lipinski definition) is 2. The van der Waals surface area contributed by atoms with Gasteiger partial charge in [-0.25, -0.2) is 4.39 Å². The van der Waals surface area contributed by atoms with Gasteiger partial charge in [-0.2, -0.15) is 0 Å². The molecule has 0 aliphatic carbocycles. The summed E-state index contributed by atoms with van der Waals surface area (Å²) in [6, 6.07) is 7.97. The fourth-order valence-electron chi connectivity index (χ4n) is 2.06. The normalized spacial score (nSPS) is 10.4. The molecule has 2 nitrogen and oxygen atoms in total. The Morgan fingerprint density at radius 1 is 1.20 bits per heavy atom. The summed E-state index contributed by atoms with van der Waals surface area (Å²) in [4.78, 5) is 12.6. The molecule has 0 saturated carbocycles. The molecule has 0 unspecified atom stereocenters. The summed E-state index contributed by atoms with van der Waals surface area (Å²) in [5, 5.41) is 0. The molecule has 0 radical (unpaired) electrons. The summed E-state index contributed by atoms with van der Waals surface area (Å²) < 4.78 is 20.0. The highest BCUT2D eigenvalue weighted by Crippen LogP contribution is 2.28. The molecule has 0 aromatic heterocycles. The first-order chi connectivity index (χ1) is 9.45. The number of carbonyl (C=O) groups excluding carboxylic acids is 1. The number of rotatable bonds is 3. The van der Waals surface area contributed by atoms with Crippen molar-refractivity contribution < 1.29 is 13.9 Å². The zero-order valence-electron chi connectivity index (χ0n) is 11.5. The van der Waals surface area contributed by atoms with Gasteiger partial charge in [0, 0.05) is 10.0 Å². The van der Waals surface area contributed by atoms with Crippen LogP contribution in [0.5, 0.6) is 5.75 Å². The van der Waals surface area contributed by atoms with Crippen LogP contribution < -0.4 is 4.74 Å². The Labute approximate surface area is 125 Å². The van der Waals surface area contributed by atoms with Crippen molar-refractivity contribution in [3.8, 4) is 5.75 Å². The van der Waals surface area contributed by atoms with E-state index in [2.05, 4.69) is 15.9 Å². The third kappa shape index (κ3) is 2.61. The number of hydrogen-bond donors (Lipinski definition) is 0. The molecular weight excluding hydrogens is 323 g/mol. The summed E-state index contributed by atoms with van der Waals surface area (Å²) in [6.07, 6.45) is 0. The largest absolute Gasteiger partial charge is 0.496 e. The van der Waals surface area contributed by atoms with Gasteiger partial charge in [-0.05, 0) is 49.2 Å².